The van der Waals surface area contributed by atoms with Crippen molar-refractivity contribution >= 4 is 0 Å². The van der Waals surface area contributed by atoms with Crippen molar-refractivity contribution in [3.05, 3.63) is 60.2 Å². The second kappa shape index (κ2) is 13.3. The largest absolute Gasteiger partial charge is 0.265 e. The fraction of sp³-hybridized carbons (Fsp3) is 0.474. The molecule has 0 saturated carbocycles. The number of hydrogen-bond donors (Lipinski definition) is 0. The van der Waals surface area contributed by atoms with E-state index in [0.717, 1.165) is 18.8 Å². The van der Waals surface area contributed by atoms with Gasteiger partial charge in [0.2, 0.25) is 0 Å². The van der Waals surface area contributed by atoms with Crippen LogP contribution in [0.25, 0.3) is 0 Å². The Morgan fingerprint density at radius 1 is 0.952 bits per heavy atom. The third-order valence-corrected chi connectivity index (χ3v) is 2.63. The molecule has 2 rings (SSSR count). The minimum Gasteiger partial charge on any atom is -0.265 e. The highest BCUT2D eigenvalue weighted by Crippen LogP contribution is 2.04. The van der Waals surface area contributed by atoms with E-state index in [1.54, 1.807) is 0 Å². The summed E-state index contributed by atoms with van der Waals surface area (Å²) >= 11 is 0. The molecule has 0 aromatic carbocycles. The number of aryl methyl sites for hydroxylation is 1. The van der Waals surface area contributed by atoms with Crippen LogP contribution in [0.2, 0.25) is 0 Å². The molecule has 0 unspecified atom stereocenters. The second-order valence-corrected chi connectivity index (χ2v) is 5.02. The van der Waals surface area contributed by atoms with Crippen molar-refractivity contribution in [2.75, 3.05) is 0 Å². The first kappa shape index (κ1) is 19.3. The van der Waals surface area contributed by atoms with Gasteiger partial charge in [-0.2, -0.15) is 0 Å². The monoisotopic (exact) mass is 286 g/mol. The third kappa shape index (κ3) is 10.7. The first-order valence-electron chi connectivity index (χ1n) is 8.01. The molecule has 0 spiro atoms. The van der Waals surface area contributed by atoms with Crippen molar-refractivity contribution in [1.82, 2.24) is 9.97 Å². The molecule has 0 aliphatic heterocycles. The van der Waals surface area contributed by atoms with E-state index in [-0.39, 0.29) is 0 Å². The van der Waals surface area contributed by atoms with Gasteiger partial charge in [0, 0.05) is 24.3 Å². The SMILES string of the molecule is CC.CC(C)Cc1ccncc1.CCCc1ccccn1. The van der Waals surface area contributed by atoms with Crippen LogP contribution in [0.15, 0.2) is 48.9 Å². The van der Waals surface area contributed by atoms with E-state index >= 15 is 0 Å². The summed E-state index contributed by atoms with van der Waals surface area (Å²) < 4.78 is 0. The molecule has 0 radical (unpaired) electrons. The van der Waals surface area contributed by atoms with Gasteiger partial charge in [-0.25, -0.2) is 0 Å². The van der Waals surface area contributed by atoms with Gasteiger partial charge in [-0.15, -0.1) is 0 Å². The van der Waals surface area contributed by atoms with Crippen molar-refractivity contribution < 1.29 is 0 Å². The van der Waals surface area contributed by atoms with Crippen LogP contribution >= 0.6 is 0 Å². The van der Waals surface area contributed by atoms with Gasteiger partial charge in [0.1, 0.15) is 0 Å². The molecule has 0 N–H and O–H groups in total. The lowest BCUT2D eigenvalue weighted by atomic mass is 10.0. The van der Waals surface area contributed by atoms with E-state index in [1.165, 1.54) is 17.7 Å². The zero-order chi connectivity index (χ0) is 15.9. The van der Waals surface area contributed by atoms with Gasteiger partial charge in [0.05, 0.1) is 0 Å². The topological polar surface area (TPSA) is 25.8 Å². The quantitative estimate of drug-likeness (QED) is 0.758. The molecule has 2 heteroatoms. The zero-order valence-electron chi connectivity index (χ0n) is 14.2. The fourth-order valence-electron chi connectivity index (χ4n) is 1.79. The maximum Gasteiger partial charge on any atom is 0.0403 e. The molecule has 116 valence electrons. The van der Waals surface area contributed by atoms with Crippen LogP contribution in [0, 0.1) is 5.92 Å². The van der Waals surface area contributed by atoms with E-state index in [4.69, 9.17) is 0 Å². The van der Waals surface area contributed by atoms with E-state index < -0.39 is 0 Å². The Kier molecular flexibility index (Phi) is 12.2. The van der Waals surface area contributed by atoms with Crippen LogP contribution in [-0.4, -0.2) is 9.97 Å². The minimum atomic E-state index is 0.738. The van der Waals surface area contributed by atoms with Crippen LogP contribution < -0.4 is 0 Å². The van der Waals surface area contributed by atoms with Gasteiger partial charge in [-0.3, -0.25) is 9.97 Å². The summed E-state index contributed by atoms with van der Waals surface area (Å²) in [5, 5.41) is 0. The summed E-state index contributed by atoms with van der Waals surface area (Å²) in [5.41, 5.74) is 2.57. The summed E-state index contributed by atoms with van der Waals surface area (Å²) in [6, 6.07) is 10.2. The Labute approximate surface area is 130 Å². The van der Waals surface area contributed by atoms with Crippen LogP contribution in [0.4, 0.5) is 0 Å². The molecule has 0 amide bonds. The Hall–Kier alpha value is -1.70. The van der Waals surface area contributed by atoms with Gasteiger partial charge < -0.3 is 0 Å². The lowest BCUT2D eigenvalue weighted by molar-refractivity contribution is 0.647. The molecule has 21 heavy (non-hydrogen) atoms. The Morgan fingerprint density at radius 2 is 1.62 bits per heavy atom. The molecule has 2 aromatic heterocycles. The maximum atomic E-state index is 4.17. The van der Waals surface area contributed by atoms with Crippen LogP contribution in [0.1, 0.15) is 52.3 Å². The Morgan fingerprint density at radius 3 is 2.10 bits per heavy atom. The van der Waals surface area contributed by atoms with Crippen LogP contribution in [0.5, 0.6) is 0 Å². The van der Waals surface area contributed by atoms with Crippen LogP contribution in [-0.2, 0) is 12.8 Å². The molecular formula is C19H30N2. The second-order valence-electron chi connectivity index (χ2n) is 5.02. The molecule has 0 aliphatic carbocycles. The first-order valence-corrected chi connectivity index (χ1v) is 8.01. The molecule has 0 saturated heterocycles. The molecule has 0 aliphatic rings. The van der Waals surface area contributed by atoms with E-state index in [2.05, 4.69) is 48.9 Å². The lowest BCUT2D eigenvalue weighted by Crippen LogP contribution is -1.92. The molecular weight excluding hydrogens is 256 g/mol. The van der Waals surface area contributed by atoms with Gasteiger partial charge >= 0.3 is 0 Å². The Bertz CT molecular complexity index is 424. The molecule has 2 heterocycles. The summed E-state index contributed by atoms with van der Waals surface area (Å²) in [4.78, 5) is 8.12. The van der Waals surface area contributed by atoms with Gasteiger partial charge in [-0.05, 0) is 48.6 Å². The molecule has 2 aromatic rings. The Balaban J connectivity index is 0.000000342. The van der Waals surface area contributed by atoms with E-state index in [9.17, 15) is 0 Å². The van der Waals surface area contributed by atoms with Gasteiger partial charge in [-0.1, -0.05) is 47.1 Å². The number of aromatic nitrogens is 2. The van der Waals surface area contributed by atoms with Gasteiger partial charge in [0.15, 0.2) is 0 Å². The van der Waals surface area contributed by atoms with Crippen molar-refractivity contribution in [3.63, 3.8) is 0 Å². The molecule has 0 bridgehead atoms. The molecule has 2 nitrogen and oxygen atoms in total. The number of nitrogens with zero attached hydrogens (tertiary/aromatic N) is 2. The highest BCUT2D eigenvalue weighted by Gasteiger charge is 1.94. The number of hydrogen-bond acceptors (Lipinski definition) is 2. The maximum absolute atomic E-state index is 4.17. The number of rotatable bonds is 4. The molecule has 0 atom stereocenters. The normalized spacial score (nSPS) is 9.24. The third-order valence-electron chi connectivity index (χ3n) is 2.63. The predicted molar refractivity (Wildman–Crippen MR) is 92.4 cm³/mol. The van der Waals surface area contributed by atoms with Crippen molar-refractivity contribution in [2.45, 2.75) is 53.9 Å². The number of pyridine rings is 2. The standard InChI is InChI=1S/C9H13N.C8H11N.C2H6/c1-8(2)7-9-3-5-10-6-4-9;1-2-5-8-6-3-4-7-9-8;1-2/h3-6,8H,7H2,1-2H3;3-4,6-7H,2,5H2,1H3;1-2H3. The van der Waals surface area contributed by atoms with Crippen molar-refractivity contribution in [2.24, 2.45) is 5.92 Å². The zero-order valence-corrected chi connectivity index (χ0v) is 14.2. The predicted octanol–water partition coefficient (Wildman–Crippen LogP) is 5.34. The lowest BCUT2D eigenvalue weighted by Gasteiger charge is -2.02. The smallest absolute Gasteiger partial charge is 0.0403 e. The summed E-state index contributed by atoms with van der Waals surface area (Å²) in [6.45, 7) is 10.6. The fourth-order valence-corrected chi connectivity index (χ4v) is 1.79. The highest BCUT2D eigenvalue weighted by atomic mass is 14.7. The average molecular weight is 286 g/mol. The average Bonchev–Trinajstić information content (AvgIpc) is 2.52. The van der Waals surface area contributed by atoms with Gasteiger partial charge in [0.25, 0.3) is 0 Å². The highest BCUT2D eigenvalue weighted by molar-refractivity contribution is 5.09. The summed E-state index contributed by atoms with van der Waals surface area (Å²) in [6.07, 6.45) is 8.96. The van der Waals surface area contributed by atoms with Crippen molar-refractivity contribution in [1.29, 1.82) is 0 Å². The van der Waals surface area contributed by atoms with E-state index in [0.29, 0.717) is 0 Å². The minimum absolute atomic E-state index is 0.738. The summed E-state index contributed by atoms with van der Waals surface area (Å²) in [5.74, 6) is 0.738. The van der Waals surface area contributed by atoms with E-state index in [1.807, 2.05) is 44.6 Å². The molecule has 0 fully saturated rings. The van der Waals surface area contributed by atoms with Crippen LogP contribution in [0.3, 0.4) is 0 Å². The first-order chi connectivity index (χ1) is 10.2. The summed E-state index contributed by atoms with van der Waals surface area (Å²) in [7, 11) is 0. The van der Waals surface area contributed by atoms with Crippen molar-refractivity contribution in [3.8, 4) is 0 Å².